The van der Waals surface area contributed by atoms with Crippen molar-refractivity contribution >= 4 is 23.2 Å². The van der Waals surface area contributed by atoms with Crippen LogP contribution in [0.2, 0.25) is 0 Å². The van der Waals surface area contributed by atoms with Gasteiger partial charge < -0.3 is 20.3 Å². The lowest BCUT2D eigenvalue weighted by Gasteiger charge is -2.37. The van der Waals surface area contributed by atoms with Crippen LogP contribution in [0.3, 0.4) is 0 Å². The number of ether oxygens (including phenoxy) is 1. The minimum absolute atomic E-state index is 0.00889. The molecule has 0 spiro atoms. The van der Waals surface area contributed by atoms with Crippen LogP contribution in [-0.4, -0.2) is 80.7 Å². The molecule has 1 amide bonds. The van der Waals surface area contributed by atoms with Crippen molar-refractivity contribution in [3.63, 3.8) is 0 Å². The van der Waals surface area contributed by atoms with Crippen molar-refractivity contribution in [2.45, 2.75) is 57.7 Å². The van der Waals surface area contributed by atoms with Crippen LogP contribution in [0, 0.1) is 5.92 Å². The summed E-state index contributed by atoms with van der Waals surface area (Å²) in [5, 5.41) is 9.35. The van der Waals surface area contributed by atoms with Gasteiger partial charge in [0.1, 0.15) is 6.54 Å². The third-order valence-electron chi connectivity index (χ3n) is 6.35. The summed E-state index contributed by atoms with van der Waals surface area (Å²) in [6.45, 7) is 7.95. The van der Waals surface area contributed by atoms with Crippen LogP contribution in [0.4, 0.5) is 0 Å². The number of aliphatic imine (C=N–C) groups is 1. The summed E-state index contributed by atoms with van der Waals surface area (Å²) in [4.78, 5) is 22.2. The lowest BCUT2D eigenvalue weighted by atomic mass is 9.86. The molecular formula is C23H39N5O2S. The van der Waals surface area contributed by atoms with Crippen molar-refractivity contribution < 1.29 is 9.53 Å². The zero-order chi connectivity index (χ0) is 22.2. The molecule has 1 saturated heterocycles. The fraction of sp³-hybridized carbons (Fsp3) is 0.739. The smallest absolute Gasteiger partial charge is 0.243 e. The quantitative estimate of drug-likeness (QED) is 0.495. The molecule has 2 fully saturated rings. The Labute approximate surface area is 191 Å². The molecule has 7 nitrogen and oxygen atoms in total. The summed E-state index contributed by atoms with van der Waals surface area (Å²) < 4.78 is 5.76. The number of hydrogen-bond acceptors (Lipinski definition) is 5. The number of rotatable bonds is 7. The molecule has 1 aromatic heterocycles. The van der Waals surface area contributed by atoms with Gasteiger partial charge in [0.05, 0.1) is 18.8 Å². The van der Waals surface area contributed by atoms with Gasteiger partial charge in [-0.3, -0.25) is 9.69 Å². The van der Waals surface area contributed by atoms with Crippen LogP contribution in [0.25, 0.3) is 0 Å². The van der Waals surface area contributed by atoms with Crippen molar-refractivity contribution in [2.75, 3.05) is 46.9 Å². The van der Waals surface area contributed by atoms with Gasteiger partial charge in [-0.15, -0.1) is 11.3 Å². The third kappa shape index (κ3) is 7.19. The SMILES string of the molecule is CC1CN(C(CNC(=NCC(=O)N(C)C)NC2CCCCC2C)c2cccs2)CCO1. The van der Waals surface area contributed by atoms with Crippen molar-refractivity contribution in [1.82, 2.24) is 20.4 Å². The number of morpholine rings is 1. The number of nitrogens with one attached hydrogen (secondary N) is 2. The first kappa shape index (κ1) is 24.0. The molecule has 31 heavy (non-hydrogen) atoms. The molecule has 8 heteroatoms. The van der Waals surface area contributed by atoms with E-state index in [1.807, 2.05) is 0 Å². The predicted octanol–water partition coefficient (Wildman–Crippen LogP) is 2.71. The fourth-order valence-electron chi connectivity index (χ4n) is 4.36. The Hall–Kier alpha value is -1.64. The van der Waals surface area contributed by atoms with Gasteiger partial charge in [-0.2, -0.15) is 0 Å². The highest BCUT2D eigenvalue weighted by atomic mass is 32.1. The van der Waals surface area contributed by atoms with Gasteiger partial charge in [-0.1, -0.05) is 25.8 Å². The maximum Gasteiger partial charge on any atom is 0.243 e. The van der Waals surface area contributed by atoms with Crippen LogP contribution in [0.5, 0.6) is 0 Å². The Morgan fingerprint density at radius 2 is 2.16 bits per heavy atom. The standard InChI is InChI=1S/C23H39N5O2S/c1-17-8-5-6-9-19(17)26-23(25-15-22(29)27(3)4)24-14-20(21-10-7-13-31-21)28-11-12-30-18(2)16-28/h7,10,13,17-20H,5-6,8-9,11-12,14-16H2,1-4H3,(H2,24,25,26). The zero-order valence-electron chi connectivity index (χ0n) is 19.5. The number of likely N-dealkylation sites (N-methyl/N-ethyl adjacent to an activating group) is 1. The second-order valence-corrected chi connectivity index (χ2v) is 10.0. The van der Waals surface area contributed by atoms with Crippen molar-refractivity contribution in [2.24, 2.45) is 10.9 Å². The van der Waals surface area contributed by atoms with Crippen molar-refractivity contribution in [3.05, 3.63) is 22.4 Å². The first-order valence-electron chi connectivity index (χ1n) is 11.6. The molecule has 0 bridgehead atoms. The normalized spacial score (nSPS) is 26.3. The Kier molecular flexibility index (Phi) is 9.16. The highest BCUT2D eigenvalue weighted by Gasteiger charge is 2.27. The second kappa shape index (κ2) is 11.8. The Balaban J connectivity index is 1.71. The summed E-state index contributed by atoms with van der Waals surface area (Å²) in [7, 11) is 3.54. The van der Waals surface area contributed by atoms with Gasteiger partial charge >= 0.3 is 0 Å². The first-order valence-corrected chi connectivity index (χ1v) is 12.5. The highest BCUT2D eigenvalue weighted by molar-refractivity contribution is 7.10. The summed E-state index contributed by atoms with van der Waals surface area (Å²) in [6, 6.07) is 4.98. The van der Waals surface area contributed by atoms with E-state index in [9.17, 15) is 4.79 Å². The molecule has 4 atom stereocenters. The number of carbonyl (C=O) groups excluding carboxylic acids is 1. The average Bonchev–Trinajstić information content (AvgIpc) is 3.27. The van der Waals surface area contributed by atoms with E-state index in [-0.39, 0.29) is 24.6 Å². The lowest BCUT2D eigenvalue weighted by molar-refractivity contribution is -0.127. The molecule has 2 aliphatic rings. The fourth-order valence-corrected chi connectivity index (χ4v) is 5.22. The topological polar surface area (TPSA) is 69.2 Å². The number of thiophene rings is 1. The first-order chi connectivity index (χ1) is 14.9. The van der Waals surface area contributed by atoms with E-state index in [0.29, 0.717) is 12.0 Å². The van der Waals surface area contributed by atoms with Gasteiger partial charge in [0.25, 0.3) is 0 Å². The molecule has 2 N–H and O–H groups in total. The van der Waals surface area contributed by atoms with Gasteiger partial charge in [-0.25, -0.2) is 4.99 Å². The molecule has 1 aromatic rings. The monoisotopic (exact) mass is 449 g/mol. The second-order valence-electron chi connectivity index (χ2n) is 9.05. The maximum absolute atomic E-state index is 12.2. The largest absolute Gasteiger partial charge is 0.376 e. The zero-order valence-corrected chi connectivity index (χ0v) is 20.3. The lowest BCUT2D eigenvalue weighted by Crippen LogP contribution is -2.51. The van der Waals surface area contributed by atoms with E-state index in [4.69, 9.17) is 4.74 Å². The van der Waals surface area contributed by atoms with E-state index < -0.39 is 0 Å². The Bertz CT molecular complexity index is 709. The number of amides is 1. The molecule has 2 heterocycles. The summed E-state index contributed by atoms with van der Waals surface area (Å²) in [5.74, 6) is 1.37. The summed E-state index contributed by atoms with van der Waals surface area (Å²) in [5.41, 5.74) is 0. The molecule has 1 aliphatic carbocycles. The highest BCUT2D eigenvalue weighted by Crippen LogP contribution is 2.27. The van der Waals surface area contributed by atoms with Gasteiger partial charge in [0.2, 0.25) is 5.91 Å². The van der Waals surface area contributed by atoms with Crippen LogP contribution < -0.4 is 10.6 Å². The predicted molar refractivity (Wildman–Crippen MR) is 128 cm³/mol. The number of guanidine groups is 1. The van der Waals surface area contributed by atoms with E-state index in [1.54, 1.807) is 30.3 Å². The Morgan fingerprint density at radius 3 is 2.84 bits per heavy atom. The van der Waals surface area contributed by atoms with Crippen molar-refractivity contribution in [3.8, 4) is 0 Å². The molecule has 3 rings (SSSR count). The van der Waals surface area contributed by atoms with Crippen LogP contribution in [-0.2, 0) is 9.53 Å². The van der Waals surface area contributed by atoms with Gasteiger partial charge in [-0.05, 0) is 37.1 Å². The number of hydrogen-bond donors (Lipinski definition) is 2. The molecule has 1 aliphatic heterocycles. The van der Waals surface area contributed by atoms with Crippen LogP contribution in [0.15, 0.2) is 22.5 Å². The molecule has 0 aromatic carbocycles. The van der Waals surface area contributed by atoms with E-state index >= 15 is 0 Å². The molecular weight excluding hydrogens is 410 g/mol. The molecule has 0 radical (unpaired) electrons. The van der Waals surface area contributed by atoms with Crippen LogP contribution in [0.1, 0.15) is 50.4 Å². The molecule has 4 unspecified atom stereocenters. The van der Waals surface area contributed by atoms with Gasteiger partial charge in [0.15, 0.2) is 5.96 Å². The number of carbonyl (C=O) groups is 1. The van der Waals surface area contributed by atoms with Crippen molar-refractivity contribution in [1.29, 1.82) is 0 Å². The molecule has 1 saturated carbocycles. The van der Waals surface area contributed by atoms with E-state index in [1.165, 1.54) is 24.1 Å². The van der Waals surface area contributed by atoms with Crippen LogP contribution >= 0.6 is 11.3 Å². The third-order valence-corrected chi connectivity index (χ3v) is 7.33. The maximum atomic E-state index is 12.2. The van der Waals surface area contributed by atoms with E-state index in [0.717, 1.165) is 38.6 Å². The van der Waals surface area contributed by atoms with Gasteiger partial charge in [0, 0.05) is 44.6 Å². The number of nitrogens with zero attached hydrogens (tertiary/aromatic N) is 3. The minimum Gasteiger partial charge on any atom is -0.376 e. The average molecular weight is 450 g/mol. The Morgan fingerprint density at radius 1 is 1.35 bits per heavy atom. The molecule has 174 valence electrons. The van der Waals surface area contributed by atoms with E-state index in [2.05, 4.69) is 51.9 Å². The minimum atomic E-state index is 0.00889. The summed E-state index contributed by atoms with van der Waals surface area (Å²) in [6.07, 6.45) is 5.18. The summed E-state index contributed by atoms with van der Waals surface area (Å²) >= 11 is 1.79.